The second kappa shape index (κ2) is 12.1. The highest BCUT2D eigenvalue weighted by atomic mass is 35.5. The molecule has 2 atom stereocenters. The number of allylic oxidation sites excluding steroid dienone is 5. The lowest BCUT2D eigenvalue weighted by atomic mass is 9.97. The van der Waals surface area contributed by atoms with Crippen LogP contribution in [0.25, 0.3) is 11.4 Å². The van der Waals surface area contributed by atoms with Crippen molar-refractivity contribution >= 4 is 20.8 Å². The zero-order chi connectivity index (χ0) is 22.0. The molecule has 2 rings (SSSR count). The quantitative estimate of drug-likeness (QED) is 0.312. The molecule has 0 radical (unpaired) electrons. The van der Waals surface area contributed by atoms with Crippen LogP contribution in [0.4, 0.5) is 0 Å². The van der Waals surface area contributed by atoms with Crippen LogP contribution < -0.4 is 0 Å². The molecule has 0 saturated heterocycles. The summed E-state index contributed by atoms with van der Waals surface area (Å²) in [5.74, 6) is 1.03. The zero-order valence-electron chi connectivity index (χ0n) is 18.6. The van der Waals surface area contributed by atoms with Gasteiger partial charge in [0.1, 0.15) is 0 Å². The van der Waals surface area contributed by atoms with Gasteiger partial charge in [-0.2, -0.15) is 4.98 Å². The molecule has 0 aliphatic rings. The van der Waals surface area contributed by atoms with Gasteiger partial charge in [0.05, 0.1) is 10.2 Å². The topological polar surface area (TPSA) is 38.9 Å². The van der Waals surface area contributed by atoms with E-state index in [1.54, 1.807) is 0 Å². The standard InChI is InChI=1S/C22H28ClN2OP.C2H6/c1-6-8-10-15(3)13-14-17(7-2)22(5,27)21-24-20(25-26-21)19-16(4)11-9-12-18(19)23;1-2/h7,9,11-14H,3,6,8,10,27H2,1-2,4-5H3;1-2H3/b14-13-,17-7+;. The summed E-state index contributed by atoms with van der Waals surface area (Å²) >= 11 is 6.34. The molecule has 2 aromatic rings. The molecule has 29 heavy (non-hydrogen) atoms. The van der Waals surface area contributed by atoms with Gasteiger partial charge in [-0.1, -0.05) is 86.5 Å². The monoisotopic (exact) mass is 432 g/mol. The Morgan fingerprint density at radius 3 is 2.59 bits per heavy atom. The van der Waals surface area contributed by atoms with E-state index in [2.05, 4.69) is 51.1 Å². The average Bonchev–Trinajstić information content (AvgIpc) is 3.18. The lowest BCUT2D eigenvalue weighted by Gasteiger charge is -2.21. The van der Waals surface area contributed by atoms with Crippen molar-refractivity contribution in [2.24, 2.45) is 0 Å². The maximum atomic E-state index is 6.34. The van der Waals surface area contributed by atoms with E-state index in [4.69, 9.17) is 16.1 Å². The SMILES string of the molecule is C=C(/C=C\C(=C/C)C(C)(P)c1nc(-c2c(C)cccc2Cl)no1)CCCC.CC. The fraction of sp³-hybridized carbons (Fsp3) is 0.417. The van der Waals surface area contributed by atoms with E-state index in [1.807, 2.05) is 52.8 Å². The van der Waals surface area contributed by atoms with E-state index < -0.39 is 5.16 Å². The highest BCUT2D eigenvalue weighted by Crippen LogP contribution is 2.40. The summed E-state index contributed by atoms with van der Waals surface area (Å²) in [5.41, 5.74) is 4.00. The lowest BCUT2D eigenvalue weighted by molar-refractivity contribution is 0.361. The minimum Gasteiger partial charge on any atom is -0.338 e. The molecule has 1 aromatic carbocycles. The summed E-state index contributed by atoms with van der Waals surface area (Å²) in [7, 11) is 2.83. The summed E-state index contributed by atoms with van der Waals surface area (Å²) in [6.45, 7) is 16.3. The largest absolute Gasteiger partial charge is 0.338 e. The number of rotatable bonds is 8. The second-order valence-electron chi connectivity index (χ2n) is 6.90. The maximum Gasteiger partial charge on any atom is 0.241 e. The molecule has 1 aromatic heterocycles. The Bertz CT molecular complexity index is 845. The van der Waals surface area contributed by atoms with E-state index >= 15 is 0 Å². The predicted molar refractivity (Wildman–Crippen MR) is 129 cm³/mol. The number of hydrogen-bond donors (Lipinski definition) is 0. The highest BCUT2D eigenvalue weighted by molar-refractivity contribution is 7.18. The zero-order valence-corrected chi connectivity index (χ0v) is 20.5. The van der Waals surface area contributed by atoms with Gasteiger partial charge in [0.25, 0.3) is 0 Å². The fourth-order valence-corrected chi connectivity index (χ4v) is 3.52. The first-order chi connectivity index (χ1) is 13.8. The van der Waals surface area contributed by atoms with Gasteiger partial charge < -0.3 is 4.52 Å². The highest BCUT2D eigenvalue weighted by Gasteiger charge is 2.31. The summed E-state index contributed by atoms with van der Waals surface area (Å²) < 4.78 is 5.61. The Balaban J connectivity index is 0.00000204. The fourth-order valence-electron chi connectivity index (χ4n) is 2.84. The van der Waals surface area contributed by atoms with Crippen LogP contribution in [0.2, 0.25) is 5.02 Å². The first-order valence-electron chi connectivity index (χ1n) is 10.2. The molecule has 0 aliphatic carbocycles. The van der Waals surface area contributed by atoms with Crippen LogP contribution in [0, 0.1) is 6.92 Å². The molecule has 0 saturated carbocycles. The maximum absolute atomic E-state index is 6.34. The summed E-state index contributed by atoms with van der Waals surface area (Å²) in [6.07, 6.45) is 9.53. The predicted octanol–water partition coefficient (Wildman–Crippen LogP) is 8.06. The van der Waals surface area contributed by atoms with Gasteiger partial charge >= 0.3 is 0 Å². The van der Waals surface area contributed by atoms with E-state index in [0.717, 1.165) is 41.5 Å². The summed E-state index contributed by atoms with van der Waals surface area (Å²) in [4.78, 5) is 4.64. The van der Waals surface area contributed by atoms with Crippen molar-refractivity contribution < 1.29 is 4.52 Å². The third-order valence-corrected chi connectivity index (χ3v) is 5.47. The van der Waals surface area contributed by atoms with Gasteiger partial charge in [-0.25, -0.2) is 0 Å². The third kappa shape index (κ3) is 6.66. The van der Waals surface area contributed by atoms with Gasteiger partial charge in [0.15, 0.2) is 0 Å². The van der Waals surface area contributed by atoms with Crippen molar-refractivity contribution in [2.45, 2.75) is 66.0 Å². The van der Waals surface area contributed by atoms with E-state index in [9.17, 15) is 0 Å². The van der Waals surface area contributed by atoms with Crippen LogP contribution in [0.1, 0.15) is 65.3 Å². The molecule has 5 heteroatoms. The van der Waals surface area contributed by atoms with Gasteiger partial charge in [-0.05, 0) is 50.8 Å². The molecule has 1 heterocycles. The molecule has 2 unspecified atom stereocenters. The molecule has 0 fully saturated rings. The van der Waals surface area contributed by atoms with Crippen LogP contribution in [0.15, 0.2) is 58.7 Å². The summed E-state index contributed by atoms with van der Waals surface area (Å²) in [5, 5.41) is 4.29. The number of halogens is 1. The van der Waals surface area contributed by atoms with Crippen LogP contribution >= 0.6 is 20.8 Å². The normalized spacial score (nSPS) is 13.7. The van der Waals surface area contributed by atoms with E-state index in [-0.39, 0.29) is 0 Å². The Morgan fingerprint density at radius 1 is 1.31 bits per heavy atom. The van der Waals surface area contributed by atoms with Crippen LogP contribution in [-0.2, 0) is 5.16 Å². The van der Waals surface area contributed by atoms with Gasteiger partial charge in [0, 0.05) is 5.56 Å². The molecular formula is C24H34ClN2OP. The van der Waals surface area contributed by atoms with Crippen molar-refractivity contribution in [3.8, 4) is 11.4 Å². The number of benzene rings is 1. The Kier molecular flexibility index (Phi) is 10.6. The van der Waals surface area contributed by atoms with Crippen LogP contribution in [0.3, 0.4) is 0 Å². The minimum absolute atomic E-state index is 0.503. The number of aryl methyl sites for hydroxylation is 1. The average molecular weight is 433 g/mol. The van der Waals surface area contributed by atoms with Gasteiger partial charge in [0.2, 0.25) is 11.7 Å². The Hall–Kier alpha value is -1.70. The smallest absolute Gasteiger partial charge is 0.241 e. The molecule has 3 nitrogen and oxygen atoms in total. The second-order valence-corrected chi connectivity index (χ2v) is 8.46. The minimum atomic E-state index is -0.503. The number of unbranched alkanes of at least 4 members (excludes halogenated alkanes) is 1. The summed E-state index contributed by atoms with van der Waals surface area (Å²) in [6, 6.07) is 5.73. The first kappa shape index (κ1) is 25.3. The number of nitrogens with zero attached hydrogens (tertiary/aromatic N) is 2. The Morgan fingerprint density at radius 2 is 2.00 bits per heavy atom. The first-order valence-corrected chi connectivity index (χ1v) is 11.2. The molecule has 0 N–H and O–H groups in total. The van der Waals surface area contributed by atoms with Crippen LogP contribution in [0.5, 0.6) is 0 Å². The Labute approximate surface area is 183 Å². The molecular weight excluding hydrogens is 399 g/mol. The number of aromatic nitrogens is 2. The van der Waals surface area contributed by atoms with Gasteiger partial charge in [-0.3, -0.25) is 0 Å². The molecule has 0 aliphatic heterocycles. The molecule has 158 valence electrons. The lowest BCUT2D eigenvalue weighted by Crippen LogP contribution is -2.16. The molecule has 0 spiro atoms. The van der Waals surface area contributed by atoms with Crippen molar-refractivity contribution in [1.82, 2.24) is 10.1 Å². The van der Waals surface area contributed by atoms with Crippen LogP contribution in [-0.4, -0.2) is 10.1 Å². The van der Waals surface area contributed by atoms with Crippen molar-refractivity contribution in [2.75, 3.05) is 0 Å². The van der Waals surface area contributed by atoms with Crippen molar-refractivity contribution in [3.05, 3.63) is 70.6 Å². The number of hydrogen-bond acceptors (Lipinski definition) is 3. The van der Waals surface area contributed by atoms with Crippen molar-refractivity contribution in [1.29, 1.82) is 0 Å². The van der Waals surface area contributed by atoms with Crippen molar-refractivity contribution in [3.63, 3.8) is 0 Å². The third-order valence-electron chi connectivity index (χ3n) is 4.58. The molecule has 0 amide bonds. The van der Waals surface area contributed by atoms with Gasteiger partial charge in [-0.15, -0.1) is 9.24 Å². The molecule has 0 bridgehead atoms. The van der Waals surface area contributed by atoms with E-state index in [0.29, 0.717) is 16.7 Å². The van der Waals surface area contributed by atoms with E-state index in [1.165, 1.54) is 0 Å².